The molecule has 1 aromatic carbocycles. The normalized spacial score (nSPS) is 21.0. The van der Waals surface area contributed by atoms with Gasteiger partial charge in [0.1, 0.15) is 11.2 Å². The first-order valence-electron chi connectivity index (χ1n) is 6.61. The average molecular weight is 355 g/mol. The van der Waals surface area contributed by atoms with Gasteiger partial charge in [-0.05, 0) is 31.0 Å². The number of nitrogens with zero attached hydrogens (tertiary/aromatic N) is 1. The lowest BCUT2D eigenvalue weighted by Gasteiger charge is -2.36. The van der Waals surface area contributed by atoms with Crippen LogP contribution in [0.1, 0.15) is 25.7 Å². The molecule has 1 aliphatic carbocycles. The summed E-state index contributed by atoms with van der Waals surface area (Å²) < 4.78 is 14.5. The number of urea groups is 1. The van der Waals surface area contributed by atoms with Crippen molar-refractivity contribution in [2.45, 2.75) is 25.7 Å². The van der Waals surface area contributed by atoms with Gasteiger partial charge in [0.05, 0.1) is 5.69 Å². The van der Waals surface area contributed by atoms with E-state index in [0.29, 0.717) is 17.3 Å². The molecule has 21 heavy (non-hydrogen) atoms. The van der Waals surface area contributed by atoms with Crippen molar-refractivity contribution in [3.8, 4) is 0 Å². The number of halogens is 2. The molecule has 0 radical (unpaired) electrons. The van der Waals surface area contributed by atoms with Gasteiger partial charge in [0.15, 0.2) is 0 Å². The van der Waals surface area contributed by atoms with Crippen LogP contribution in [-0.2, 0) is 9.59 Å². The van der Waals surface area contributed by atoms with Crippen LogP contribution in [0.5, 0.6) is 0 Å². The zero-order chi connectivity index (χ0) is 15.2. The van der Waals surface area contributed by atoms with Crippen molar-refractivity contribution in [1.82, 2.24) is 5.32 Å². The Labute approximate surface area is 128 Å². The van der Waals surface area contributed by atoms with E-state index in [-0.39, 0.29) is 5.69 Å². The highest BCUT2D eigenvalue weighted by Crippen LogP contribution is 2.43. The van der Waals surface area contributed by atoms with Gasteiger partial charge < -0.3 is 0 Å². The van der Waals surface area contributed by atoms with Crippen LogP contribution in [0.2, 0.25) is 0 Å². The van der Waals surface area contributed by atoms with Crippen molar-refractivity contribution >= 4 is 39.5 Å². The lowest BCUT2D eigenvalue weighted by Crippen LogP contribution is -2.63. The molecule has 0 unspecified atom stereocenters. The molecule has 4 amide bonds. The minimum Gasteiger partial charge on any atom is -0.276 e. The first-order valence-corrected chi connectivity index (χ1v) is 7.40. The van der Waals surface area contributed by atoms with Crippen molar-refractivity contribution in [1.29, 1.82) is 0 Å². The molecule has 0 bridgehead atoms. The summed E-state index contributed by atoms with van der Waals surface area (Å²) in [5.74, 6) is -1.89. The highest BCUT2D eigenvalue weighted by Gasteiger charge is 2.55. The average Bonchev–Trinajstić information content (AvgIpc) is 2.92. The molecule has 1 N–H and O–H groups in total. The molecular formula is C14H12BrFN2O3. The summed E-state index contributed by atoms with van der Waals surface area (Å²) in [6, 6.07) is 3.09. The molecule has 2 fully saturated rings. The van der Waals surface area contributed by atoms with Gasteiger partial charge in [0, 0.05) is 4.47 Å². The van der Waals surface area contributed by atoms with E-state index in [2.05, 4.69) is 21.2 Å². The van der Waals surface area contributed by atoms with Crippen LogP contribution in [0.3, 0.4) is 0 Å². The number of amides is 4. The van der Waals surface area contributed by atoms with Gasteiger partial charge in [0.25, 0.3) is 5.91 Å². The molecule has 1 aromatic rings. The molecule has 1 aliphatic heterocycles. The third-order valence-corrected chi connectivity index (χ3v) is 4.57. The SMILES string of the molecule is O=C1NC(=O)C2(CCCC2)C(=O)N1c1cc(Br)ccc1F. The molecule has 1 spiro atoms. The first-order chi connectivity index (χ1) is 9.95. The third-order valence-electron chi connectivity index (χ3n) is 4.08. The molecule has 110 valence electrons. The first kappa shape index (κ1) is 14.2. The Morgan fingerprint density at radius 3 is 2.52 bits per heavy atom. The van der Waals surface area contributed by atoms with Crippen LogP contribution in [-0.4, -0.2) is 17.8 Å². The number of anilines is 1. The predicted octanol–water partition coefficient (Wildman–Crippen LogP) is 2.73. The molecular weight excluding hydrogens is 343 g/mol. The highest BCUT2D eigenvalue weighted by molar-refractivity contribution is 9.10. The smallest absolute Gasteiger partial charge is 0.276 e. The second kappa shape index (κ2) is 4.91. The van der Waals surface area contributed by atoms with Crippen molar-refractivity contribution in [3.05, 3.63) is 28.5 Å². The Balaban J connectivity index is 2.09. The van der Waals surface area contributed by atoms with Gasteiger partial charge in [-0.1, -0.05) is 28.8 Å². The fourth-order valence-electron chi connectivity index (χ4n) is 2.97. The van der Waals surface area contributed by atoms with Crippen LogP contribution < -0.4 is 10.2 Å². The summed E-state index contributed by atoms with van der Waals surface area (Å²) >= 11 is 3.19. The quantitative estimate of drug-likeness (QED) is 0.788. The molecule has 7 heteroatoms. The van der Waals surface area contributed by atoms with Gasteiger partial charge in [-0.25, -0.2) is 14.1 Å². The standard InChI is InChI=1S/C14H12BrFN2O3/c15-8-3-4-9(16)10(7-8)18-12(20)14(5-1-2-6-14)11(19)17-13(18)21/h3-4,7H,1-2,5-6H2,(H,17,19,21). The lowest BCUT2D eigenvalue weighted by molar-refractivity contribution is -0.142. The predicted molar refractivity (Wildman–Crippen MR) is 76.0 cm³/mol. The van der Waals surface area contributed by atoms with Gasteiger partial charge in [-0.15, -0.1) is 0 Å². The number of nitrogens with one attached hydrogen (secondary N) is 1. The van der Waals surface area contributed by atoms with Crippen LogP contribution in [0.25, 0.3) is 0 Å². The molecule has 2 aliphatic rings. The molecule has 0 atom stereocenters. The summed E-state index contributed by atoms with van der Waals surface area (Å²) in [4.78, 5) is 37.5. The summed E-state index contributed by atoms with van der Waals surface area (Å²) in [7, 11) is 0. The Kier molecular flexibility index (Phi) is 3.32. The molecule has 1 saturated heterocycles. The monoisotopic (exact) mass is 354 g/mol. The van der Waals surface area contributed by atoms with E-state index in [1.54, 1.807) is 0 Å². The number of hydrogen-bond donors (Lipinski definition) is 1. The second-order valence-electron chi connectivity index (χ2n) is 5.28. The van der Waals surface area contributed by atoms with E-state index in [0.717, 1.165) is 23.8 Å². The zero-order valence-corrected chi connectivity index (χ0v) is 12.6. The Hall–Kier alpha value is -1.76. The molecule has 5 nitrogen and oxygen atoms in total. The number of rotatable bonds is 1. The van der Waals surface area contributed by atoms with Crippen molar-refractivity contribution in [2.75, 3.05) is 4.90 Å². The summed E-state index contributed by atoms with van der Waals surface area (Å²) in [6.45, 7) is 0. The second-order valence-corrected chi connectivity index (χ2v) is 6.20. The third kappa shape index (κ3) is 2.07. The van der Waals surface area contributed by atoms with E-state index in [4.69, 9.17) is 0 Å². The minimum absolute atomic E-state index is 0.148. The van der Waals surface area contributed by atoms with E-state index in [1.807, 2.05) is 0 Å². The van der Waals surface area contributed by atoms with Crippen molar-refractivity contribution < 1.29 is 18.8 Å². The zero-order valence-electron chi connectivity index (χ0n) is 11.0. The van der Waals surface area contributed by atoms with E-state index in [9.17, 15) is 18.8 Å². The minimum atomic E-state index is -1.23. The maximum absolute atomic E-state index is 14.0. The fourth-order valence-corrected chi connectivity index (χ4v) is 3.32. The summed E-state index contributed by atoms with van der Waals surface area (Å²) in [6.07, 6.45) is 2.25. The number of carbonyl (C=O) groups excluding carboxylic acids is 3. The number of carbonyl (C=O) groups is 3. The molecule has 1 heterocycles. The lowest BCUT2D eigenvalue weighted by atomic mass is 9.82. The van der Waals surface area contributed by atoms with Crippen LogP contribution >= 0.6 is 15.9 Å². The van der Waals surface area contributed by atoms with E-state index >= 15 is 0 Å². The fraction of sp³-hybridized carbons (Fsp3) is 0.357. The van der Waals surface area contributed by atoms with E-state index in [1.165, 1.54) is 12.1 Å². The highest BCUT2D eigenvalue weighted by atomic mass is 79.9. The Morgan fingerprint density at radius 1 is 1.19 bits per heavy atom. The van der Waals surface area contributed by atoms with Gasteiger partial charge in [-0.3, -0.25) is 14.9 Å². The summed E-state index contributed by atoms with van der Waals surface area (Å²) in [5, 5.41) is 2.18. The maximum Gasteiger partial charge on any atom is 0.335 e. The van der Waals surface area contributed by atoms with Gasteiger partial charge in [-0.2, -0.15) is 0 Å². The number of imide groups is 2. The maximum atomic E-state index is 14.0. The number of benzene rings is 1. The molecule has 3 rings (SSSR count). The van der Waals surface area contributed by atoms with Gasteiger partial charge >= 0.3 is 6.03 Å². The number of hydrogen-bond acceptors (Lipinski definition) is 3. The van der Waals surface area contributed by atoms with Crippen molar-refractivity contribution in [2.24, 2.45) is 5.41 Å². The van der Waals surface area contributed by atoms with Gasteiger partial charge in [0.2, 0.25) is 5.91 Å². The largest absolute Gasteiger partial charge is 0.335 e. The number of barbiturate groups is 1. The van der Waals surface area contributed by atoms with Crippen LogP contribution in [0.4, 0.5) is 14.9 Å². The molecule has 1 saturated carbocycles. The summed E-state index contributed by atoms with van der Waals surface area (Å²) in [5.41, 5.74) is -1.38. The van der Waals surface area contributed by atoms with Crippen LogP contribution in [0.15, 0.2) is 22.7 Å². The Morgan fingerprint density at radius 2 is 1.86 bits per heavy atom. The Bertz CT molecular complexity index is 656. The molecule has 0 aromatic heterocycles. The van der Waals surface area contributed by atoms with Crippen LogP contribution in [0, 0.1) is 11.2 Å². The van der Waals surface area contributed by atoms with Crippen molar-refractivity contribution in [3.63, 3.8) is 0 Å². The van der Waals surface area contributed by atoms with E-state index < -0.39 is 29.1 Å². The topological polar surface area (TPSA) is 66.5 Å².